The zero-order chi connectivity index (χ0) is 7.72. The van der Waals surface area contributed by atoms with E-state index in [9.17, 15) is 14.0 Å². The van der Waals surface area contributed by atoms with E-state index >= 15 is 0 Å². The fourth-order valence-electron chi connectivity index (χ4n) is 0.798. The van der Waals surface area contributed by atoms with Crippen molar-refractivity contribution < 1.29 is 19.1 Å². The van der Waals surface area contributed by atoms with Gasteiger partial charge in [0.1, 0.15) is 6.04 Å². The van der Waals surface area contributed by atoms with Crippen LogP contribution in [0.1, 0.15) is 6.42 Å². The van der Waals surface area contributed by atoms with Crippen LogP contribution in [-0.2, 0) is 9.59 Å². The van der Waals surface area contributed by atoms with Crippen LogP contribution in [0.15, 0.2) is 0 Å². The van der Waals surface area contributed by atoms with Gasteiger partial charge in [-0.25, -0.2) is 9.18 Å². The van der Waals surface area contributed by atoms with Gasteiger partial charge >= 0.3 is 5.97 Å². The molecule has 1 aliphatic rings. The van der Waals surface area contributed by atoms with Crippen molar-refractivity contribution in [3.8, 4) is 0 Å². The molecule has 0 aromatic rings. The normalized spacial score (nSPS) is 31.9. The highest BCUT2D eigenvalue weighted by molar-refractivity contribution is 5.90. The molecule has 0 spiro atoms. The Morgan fingerprint density at radius 2 is 2.40 bits per heavy atom. The molecule has 4 nitrogen and oxygen atoms in total. The Bertz CT molecular complexity index is 182. The lowest BCUT2D eigenvalue weighted by molar-refractivity contribution is -0.140. The lowest BCUT2D eigenvalue weighted by atomic mass is 10.2. The highest BCUT2D eigenvalue weighted by Crippen LogP contribution is 2.10. The first-order chi connectivity index (χ1) is 4.61. The fraction of sp³-hybridized carbons (Fsp3) is 0.600. The van der Waals surface area contributed by atoms with Gasteiger partial charge in [-0.3, -0.25) is 4.79 Å². The van der Waals surface area contributed by atoms with Crippen LogP contribution in [0, 0.1) is 0 Å². The second-order valence-corrected chi connectivity index (χ2v) is 2.10. The fourth-order valence-corrected chi connectivity index (χ4v) is 0.798. The van der Waals surface area contributed by atoms with Gasteiger partial charge in [-0.1, -0.05) is 0 Å². The molecule has 1 aliphatic heterocycles. The lowest BCUT2D eigenvalue weighted by Gasteiger charge is -1.99. The zero-order valence-electron chi connectivity index (χ0n) is 5.00. The average molecular weight is 147 g/mol. The van der Waals surface area contributed by atoms with Gasteiger partial charge in [0.25, 0.3) is 5.91 Å². The van der Waals surface area contributed by atoms with Crippen LogP contribution in [0.5, 0.6) is 0 Å². The number of halogens is 1. The minimum absolute atomic E-state index is 0.256. The summed E-state index contributed by atoms with van der Waals surface area (Å²) < 4.78 is 12.3. The van der Waals surface area contributed by atoms with Crippen molar-refractivity contribution in [1.29, 1.82) is 0 Å². The van der Waals surface area contributed by atoms with Gasteiger partial charge < -0.3 is 10.4 Å². The molecule has 5 heteroatoms. The van der Waals surface area contributed by atoms with Crippen molar-refractivity contribution in [2.24, 2.45) is 0 Å². The molecule has 0 bridgehead atoms. The SMILES string of the molecule is O=C1N[C@H](C(=O)O)C[C@H]1F. The quantitative estimate of drug-likeness (QED) is 0.515. The summed E-state index contributed by atoms with van der Waals surface area (Å²) in [7, 11) is 0. The lowest BCUT2D eigenvalue weighted by Crippen LogP contribution is -2.32. The largest absolute Gasteiger partial charge is 0.480 e. The Morgan fingerprint density at radius 3 is 2.60 bits per heavy atom. The summed E-state index contributed by atoms with van der Waals surface area (Å²) in [5.41, 5.74) is 0. The maximum atomic E-state index is 12.3. The average Bonchev–Trinajstić information content (AvgIpc) is 2.13. The molecule has 56 valence electrons. The molecule has 0 saturated carbocycles. The summed E-state index contributed by atoms with van der Waals surface area (Å²) in [6.45, 7) is 0. The number of amides is 1. The van der Waals surface area contributed by atoms with Crippen molar-refractivity contribution in [1.82, 2.24) is 5.32 Å². The molecule has 1 saturated heterocycles. The van der Waals surface area contributed by atoms with Gasteiger partial charge in [0.15, 0.2) is 6.17 Å². The van der Waals surface area contributed by atoms with Gasteiger partial charge in [0.05, 0.1) is 0 Å². The number of hydrogen-bond donors (Lipinski definition) is 2. The summed E-state index contributed by atoms with van der Waals surface area (Å²) in [6, 6.07) is -1.04. The summed E-state index contributed by atoms with van der Waals surface area (Å²) in [4.78, 5) is 20.5. The third kappa shape index (κ3) is 1.07. The molecule has 10 heavy (non-hydrogen) atoms. The van der Waals surface area contributed by atoms with Crippen LogP contribution in [0.2, 0.25) is 0 Å². The standard InChI is InChI=1S/C5H6FNO3/c6-2-1-3(5(9)10)7-4(2)8/h2-3H,1H2,(H,7,8)(H,9,10)/t2-,3+/m1/s1. The van der Waals surface area contributed by atoms with Crippen LogP contribution in [0.25, 0.3) is 0 Å². The predicted octanol–water partition coefficient (Wildman–Crippen LogP) is -0.702. The first kappa shape index (κ1) is 6.98. The molecule has 0 aliphatic carbocycles. The number of carboxylic acids is 1. The van der Waals surface area contributed by atoms with Crippen LogP contribution >= 0.6 is 0 Å². The van der Waals surface area contributed by atoms with E-state index in [0.29, 0.717) is 0 Å². The van der Waals surface area contributed by atoms with E-state index < -0.39 is 24.1 Å². The first-order valence-electron chi connectivity index (χ1n) is 2.78. The van der Waals surface area contributed by atoms with Crippen LogP contribution < -0.4 is 5.32 Å². The molecule has 0 aromatic heterocycles. The monoisotopic (exact) mass is 147 g/mol. The molecule has 1 fully saturated rings. The third-order valence-electron chi connectivity index (χ3n) is 1.34. The maximum Gasteiger partial charge on any atom is 0.326 e. The highest BCUT2D eigenvalue weighted by Gasteiger charge is 2.35. The maximum absolute atomic E-state index is 12.3. The smallest absolute Gasteiger partial charge is 0.326 e. The number of nitrogens with one attached hydrogen (secondary N) is 1. The predicted molar refractivity (Wildman–Crippen MR) is 29.1 cm³/mol. The van der Waals surface area contributed by atoms with Gasteiger partial charge in [0.2, 0.25) is 0 Å². The first-order valence-corrected chi connectivity index (χ1v) is 2.78. The number of carbonyl (C=O) groups is 2. The van der Waals surface area contributed by atoms with Crippen molar-refractivity contribution in [3.05, 3.63) is 0 Å². The third-order valence-corrected chi connectivity index (χ3v) is 1.34. The molecule has 0 aromatic carbocycles. The molecule has 2 N–H and O–H groups in total. The molecule has 0 radical (unpaired) electrons. The van der Waals surface area contributed by atoms with E-state index in [4.69, 9.17) is 5.11 Å². The zero-order valence-corrected chi connectivity index (χ0v) is 5.00. The minimum atomic E-state index is -1.65. The molecule has 1 rings (SSSR count). The Balaban J connectivity index is 2.57. The Labute approximate surface area is 56.0 Å². The van der Waals surface area contributed by atoms with E-state index in [-0.39, 0.29) is 6.42 Å². The van der Waals surface area contributed by atoms with E-state index in [0.717, 1.165) is 0 Å². The number of hydrogen-bond acceptors (Lipinski definition) is 2. The van der Waals surface area contributed by atoms with Crippen LogP contribution in [0.4, 0.5) is 4.39 Å². The second kappa shape index (κ2) is 2.24. The number of rotatable bonds is 1. The van der Waals surface area contributed by atoms with Crippen molar-refractivity contribution in [2.45, 2.75) is 18.6 Å². The van der Waals surface area contributed by atoms with Crippen LogP contribution in [0.3, 0.4) is 0 Å². The molecular formula is C5H6FNO3. The molecule has 1 heterocycles. The number of carboxylic acid groups (broad SMARTS) is 1. The molecule has 1 amide bonds. The Morgan fingerprint density at radius 1 is 1.80 bits per heavy atom. The molecular weight excluding hydrogens is 141 g/mol. The summed E-state index contributed by atoms with van der Waals surface area (Å²) in [5, 5.41) is 10.3. The Kier molecular flexibility index (Phi) is 1.57. The van der Waals surface area contributed by atoms with Crippen molar-refractivity contribution >= 4 is 11.9 Å². The summed E-state index contributed by atoms with van der Waals surface area (Å²) >= 11 is 0. The van der Waals surface area contributed by atoms with Gasteiger partial charge in [-0.15, -0.1) is 0 Å². The Hall–Kier alpha value is -1.13. The van der Waals surface area contributed by atoms with E-state index in [1.165, 1.54) is 0 Å². The van der Waals surface area contributed by atoms with Crippen LogP contribution in [-0.4, -0.2) is 29.2 Å². The van der Waals surface area contributed by atoms with Gasteiger partial charge in [-0.2, -0.15) is 0 Å². The molecule has 2 atom stereocenters. The van der Waals surface area contributed by atoms with Gasteiger partial charge in [-0.05, 0) is 0 Å². The van der Waals surface area contributed by atoms with E-state index in [2.05, 4.69) is 0 Å². The molecule has 0 unspecified atom stereocenters. The number of carbonyl (C=O) groups excluding carboxylic acids is 1. The summed E-state index contributed by atoms with van der Waals surface area (Å²) in [6.07, 6.45) is -1.91. The number of alkyl halides is 1. The van der Waals surface area contributed by atoms with Crippen molar-refractivity contribution in [3.63, 3.8) is 0 Å². The number of aliphatic carboxylic acids is 1. The summed E-state index contributed by atoms with van der Waals surface area (Å²) in [5.74, 6) is -2.01. The van der Waals surface area contributed by atoms with Crippen molar-refractivity contribution in [2.75, 3.05) is 0 Å². The van der Waals surface area contributed by atoms with Gasteiger partial charge in [0, 0.05) is 6.42 Å². The van der Waals surface area contributed by atoms with E-state index in [1.54, 1.807) is 0 Å². The second-order valence-electron chi connectivity index (χ2n) is 2.10. The highest BCUT2D eigenvalue weighted by atomic mass is 19.1. The van der Waals surface area contributed by atoms with E-state index in [1.807, 2.05) is 5.32 Å². The minimum Gasteiger partial charge on any atom is -0.480 e. The topological polar surface area (TPSA) is 66.4 Å².